The fourth-order valence-electron chi connectivity index (χ4n) is 2.14. The van der Waals surface area contributed by atoms with E-state index in [0.29, 0.717) is 30.3 Å². The molecular formula is C16H16N2O3. The lowest BCUT2D eigenvalue weighted by atomic mass is 10.1. The second-order valence-corrected chi connectivity index (χ2v) is 4.86. The molecule has 1 aliphatic rings. The van der Waals surface area contributed by atoms with Gasteiger partial charge in [0.25, 0.3) is 0 Å². The van der Waals surface area contributed by atoms with Gasteiger partial charge in [-0.1, -0.05) is 0 Å². The monoisotopic (exact) mass is 284 g/mol. The molecule has 0 N–H and O–H groups in total. The molecule has 0 radical (unpaired) electrons. The van der Waals surface area contributed by atoms with E-state index in [1.807, 2.05) is 14.0 Å². The molecule has 1 aliphatic heterocycles. The highest BCUT2D eigenvalue weighted by Crippen LogP contribution is 2.30. The number of nitrogens with zero attached hydrogens (tertiary/aromatic N) is 2. The normalized spacial score (nSPS) is 13.6. The number of hydrogen-bond acceptors (Lipinski definition) is 4. The number of ether oxygens (including phenoxy) is 2. The van der Waals surface area contributed by atoms with E-state index >= 15 is 0 Å². The number of ketones is 1. The molecule has 21 heavy (non-hydrogen) atoms. The molecule has 0 amide bonds. The summed E-state index contributed by atoms with van der Waals surface area (Å²) in [5.74, 6) is 1.23. The van der Waals surface area contributed by atoms with Crippen molar-refractivity contribution < 1.29 is 14.3 Å². The first-order chi connectivity index (χ1) is 10.1. The Hall–Kier alpha value is -2.56. The lowest BCUT2D eigenvalue weighted by molar-refractivity contribution is 0.104. The number of benzene rings is 1. The van der Waals surface area contributed by atoms with Crippen molar-refractivity contribution in [2.24, 2.45) is 7.05 Å². The van der Waals surface area contributed by atoms with E-state index in [4.69, 9.17) is 9.47 Å². The van der Waals surface area contributed by atoms with Crippen LogP contribution in [0.25, 0.3) is 6.08 Å². The Balaban J connectivity index is 1.80. The zero-order chi connectivity index (χ0) is 14.8. The minimum atomic E-state index is -0.0739. The highest BCUT2D eigenvalue weighted by molar-refractivity contribution is 6.07. The molecule has 0 aliphatic carbocycles. The molecule has 5 heteroatoms. The molecule has 0 atom stereocenters. The first-order valence-corrected chi connectivity index (χ1v) is 6.76. The van der Waals surface area contributed by atoms with Gasteiger partial charge in [0, 0.05) is 23.9 Å². The average molecular weight is 284 g/mol. The lowest BCUT2D eigenvalue weighted by Crippen LogP contribution is -2.15. The van der Waals surface area contributed by atoms with Crippen LogP contribution in [0.3, 0.4) is 0 Å². The minimum absolute atomic E-state index is 0.0739. The van der Waals surface area contributed by atoms with E-state index in [0.717, 1.165) is 11.3 Å². The van der Waals surface area contributed by atoms with E-state index in [2.05, 4.69) is 5.10 Å². The zero-order valence-electron chi connectivity index (χ0n) is 12.0. The quantitative estimate of drug-likeness (QED) is 0.641. The molecular weight excluding hydrogens is 268 g/mol. The van der Waals surface area contributed by atoms with E-state index in [1.54, 1.807) is 41.2 Å². The number of fused-ring (bicyclic) bond motifs is 1. The van der Waals surface area contributed by atoms with Crippen molar-refractivity contribution in [3.05, 3.63) is 47.3 Å². The van der Waals surface area contributed by atoms with Crippen molar-refractivity contribution >= 4 is 11.9 Å². The summed E-state index contributed by atoms with van der Waals surface area (Å²) in [5.41, 5.74) is 2.53. The first kappa shape index (κ1) is 13.4. The van der Waals surface area contributed by atoms with E-state index in [9.17, 15) is 4.79 Å². The summed E-state index contributed by atoms with van der Waals surface area (Å²) in [5, 5.41) is 4.14. The Kier molecular flexibility index (Phi) is 3.48. The molecule has 2 aromatic rings. The van der Waals surface area contributed by atoms with Crippen LogP contribution < -0.4 is 9.47 Å². The highest BCUT2D eigenvalue weighted by atomic mass is 16.6. The van der Waals surface area contributed by atoms with Crippen LogP contribution in [0.4, 0.5) is 0 Å². The number of hydrogen-bond donors (Lipinski definition) is 0. The summed E-state index contributed by atoms with van der Waals surface area (Å²) in [4.78, 5) is 12.2. The van der Waals surface area contributed by atoms with Gasteiger partial charge >= 0.3 is 0 Å². The van der Waals surface area contributed by atoms with Gasteiger partial charge in [-0.05, 0) is 37.3 Å². The predicted octanol–water partition coefficient (Wildman–Crippen LogP) is 2.40. The van der Waals surface area contributed by atoms with E-state index in [1.165, 1.54) is 0 Å². The van der Waals surface area contributed by atoms with Gasteiger partial charge in [0.15, 0.2) is 17.3 Å². The molecule has 0 saturated carbocycles. The van der Waals surface area contributed by atoms with Crippen molar-refractivity contribution in [2.45, 2.75) is 6.92 Å². The second kappa shape index (κ2) is 5.44. The smallest absolute Gasteiger partial charge is 0.185 e. The van der Waals surface area contributed by atoms with Crippen LogP contribution in [0.5, 0.6) is 11.5 Å². The maximum atomic E-state index is 12.2. The molecule has 0 fully saturated rings. The number of rotatable bonds is 3. The van der Waals surface area contributed by atoms with E-state index in [-0.39, 0.29) is 5.78 Å². The Bertz CT molecular complexity index is 716. The van der Waals surface area contributed by atoms with Crippen molar-refractivity contribution in [2.75, 3.05) is 13.2 Å². The first-order valence-electron chi connectivity index (χ1n) is 6.76. The number of aryl methyl sites for hydroxylation is 1. The van der Waals surface area contributed by atoms with Crippen LogP contribution in [-0.2, 0) is 7.05 Å². The van der Waals surface area contributed by atoms with Gasteiger partial charge in [-0.25, -0.2) is 0 Å². The number of carbonyl (C=O) groups is 1. The Morgan fingerprint density at radius 1 is 1.29 bits per heavy atom. The molecule has 2 heterocycles. The summed E-state index contributed by atoms with van der Waals surface area (Å²) in [6.45, 7) is 3.01. The fraction of sp³-hybridized carbons (Fsp3) is 0.250. The molecule has 3 rings (SSSR count). The van der Waals surface area contributed by atoms with Crippen molar-refractivity contribution in [3.8, 4) is 11.5 Å². The molecule has 0 bridgehead atoms. The maximum absolute atomic E-state index is 12.2. The van der Waals surface area contributed by atoms with Crippen LogP contribution >= 0.6 is 0 Å². The molecule has 1 aromatic heterocycles. The third-order valence-electron chi connectivity index (χ3n) is 3.51. The zero-order valence-corrected chi connectivity index (χ0v) is 12.0. The lowest BCUT2D eigenvalue weighted by Gasteiger charge is -2.18. The largest absolute Gasteiger partial charge is 0.486 e. The molecule has 0 unspecified atom stereocenters. The third-order valence-corrected chi connectivity index (χ3v) is 3.51. The van der Waals surface area contributed by atoms with Crippen LogP contribution in [0.1, 0.15) is 21.6 Å². The summed E-state index contributed by atoms with van der Waals surface area (Å²) in [6.07, 6.45) is 5.07. The van der Waals surface area contributed by atoms with Crippen molar-refractivity contribution in [1.82, 2.24) is 9.78 Å². The van der Waals surface area contributed by atoms with Gasteiger partial charge in [0.05, 0.1) is 6.20 Å². The summed E-state index contributed by atoms with van der Waals surface area (Å²) >= 11 is 0. The van der Waals surface area contributed by atoms with Gasteiger partial charge in [0.2, 0.25) is 0 Å². The van der Waals surface area contributed by atoms with Crippen LogP contribution in [0.15, 0.2) is 30.5 Å². The topological polar surface area (TPSA) is 53.4 Å². The standard InChI is InChI=1S/C16H16N2O3/c1-11-13(10-17-18(11)2)3-5-14(19)12-4-6-15-16(9-12)21-8-7-20-15/h3-6,9-10H,7-8H2,1-2H3/b5-3+. The summed E-state index contributed by atoms with van der Waals surface area (Å²) in [7, 11) is 1.87. The van der Waals surface area contributed by atoms with Crippen LogP contribution in [0, 0.1) is 6.92 Å². The van der Waals surface area contributed by atoms with Gasteiger partial charge in [-0.2, -0.15) is 5.10 Å². The van der Waals surface area contributed by atoms with E-state index < -0.39 is 0 Å². The Morgan fingerprint density at radius 3 is 2.76 bits per heavy atom. The number of allylic oxidation sites excluding steroid dienone is 1. The molecule has 1 aromatic carbocycles. The van der Waals surface area contributed by atoms with Crippen molar-refractivity contribution in [1.29, 1.82) is 0 Å². The number of carbonyl (C=O) groups excluding carboxylic acids is 1. The minimum Gasteiger partial charge on any atom is -0.486 e. The summed E-state index contributed by atoms with van der Waals surface area (Å²) < 4.78 is 12.7. The maximum Gasteiger partial charge on any atom is 0.185 e. The average Bonchev–Trinajstić information content (AvgIpc) is 2.84. The second-order valence-electron chi connectivity index (χ2n) is 4.86. The van der Waals surface area contributed by atoms with Gasteiger partial charge in [0.1, 0.15) is 13.2 Å². The number of aromatic nitrogens is 2. The SMILES string of the molecule is Cc1c(/C=C/C(=O)c2ccc3c(c2)OCCO3)cnn1C. The van der Waals surface area contributed by atoms with Gasteiger partial charge < -0.3 is 9.47 Å². The van der Waals surface area contributed by atoms with Gasteiger partial charge in [-0.15, -0.1) is 0 Å². The molecule has 108 valence electrons. The van der Waals surface area contributed by atoms with Crippen LogP contribution in [-0.4, -0.2) is 28.8 Å². The van der Waals surface area contributed by atoms with Crippen molar-refractivity contribution in [3.63, 3.8) is 0 Å². The third kappa shape index (κ3) is 2.67. The van der Waals surface area contributed by atoms with Crippen LogP contribution in [0.2, 0.25) is 0 Å². The molecule has 5 nitrogen and oxygen atoms in total. The highest BCUT2D eigenvalue weighted by Gasteiger charge is 2.13. The Labute approximate surface area is 122 Å². The summed E-state index contributed by atoms with van der Waals surface area (Å²) in [6, 6.07) is 5.23. The predicted molar refractivity (Wildman–Crippen MR) is 78.7 cm³/mol. The van der Waals surface area contributed by atoms with Gasteiger partial charge in [-0.3, -0.25) is 9.48 Å². The molecule has 0 spiro atoms. The molecule has 0 saturated heterocycles. The fourth-order valence-corrected chi connectivity index (χ4v) is 2.14. The Morgan fingerprint density at radius 2 is 2.05 bits per heavy atom.